The zero-order valence-corrected chi connectivity index (χ0v) is 21.6. The highest BCUT2D eigenvalue weighted by Gasteiger charge is 2.26. The molecule has 1 saturated heterocycles. The van der Waals surface area contributed by atoms with Gasteiger partial charge in [0.1, 0.15) is 23.8 Å². The third-order valence-electron chi connectivity index (χ3n) is 6.04. The number of hydrogen-bond donors (Lipinski definition) is 5. The van der Waals surface area contributed by atoms with E-state index in [0.717, 1.165) is 23.2 Å². The fraction of sp³-hybridized carbons (Fsp3) is 0.261. The predicted molar refractivity (Wildman–Crippen MR) is 147 cm³/mol. The van der Waals surface area contributed by atoms with Crippen molar-refractivity contribution in [2.45, 2.75) is 6.54 Å². The standard InChI is InChI=1S/C23H27ClN10O2S/c1-37(35,36)34-7-5-33(6-8-34)23-18-14(3-2-4-17(18)24)9-16(32-23)12-29-22-19(21(28)30-13-31-22)20(27)15(10-25)11-26/h2-4,9-11,13,25,27H,5-8,12,26H2,1H3,(H3,28,29,30,31)/b15-11+,25-10?,27-20?. The van der Waals surface area contributed by atoms with Gasteiger partial charge in [-0.25, -0.2) is 23.4 Å². The monoisotopic (exact) mass is 542 g/mol. The Morgan fingerprint density at radius 1 is 1.24 bits per heavy atom. The summed E-state index contributed by atoms with van der Waals surface area (Å²) in [7, 11) is -3.27. The molecule has 0 bridgehead atoms. The van der Waals surface area contributed by atoms with Gasteiger partial charge in [-0.15, -0.1) is 0 Å². The molecule has 1 aromatic carbocycles. The highest BCUT2D eigenvalue weighted by Crippen LogP contribution is 2.33. The number of fused-ring (bicyclic) bond motifs is 1. The number of nitrogens with two attached hydrogens (primary N) is 2. The van der Waals surface area contributed by atoms with Crippen molar-refractivity contribution in [3.63, 3.8) is 0 Å². The maximum Gasteiger partial charge on any atom is 0.211 e. The summed E-state index contributed by atoms with van der Waals surface area (Å²) in [6, 6.07) is 7.50. The number of allylic oxidation sites excluding steroid dienone is 1. The highest BCUT2D eigenvalue weighted by atomic mass is 35.5. The Morgan fingerprint density at radius 2 is 1.97 bits per heavy atom. The summed E-state index contributed by atoms with van der Waals surface area (Å²) in [5, 5.41) is 21.3. The van der Waals surface area contributed by atoms with Crippen LogP contribution in [0.15, 0.2) is 42.4 Å². The molecular weight excluding hydrogens is 516 g/mol. The summed E-state index contributed by atoms with van der Waals surface area (Å²) in [6.07, 6.45) is 4.60. The number of nitrogens with one attached hydrogen (secondary N) is 3. The molecule has 0 aliphatic carbocycles. The van der Waals surface area contributed by atoms with Crippen molar-refractivity contribution in [3.05, 3.63) is 58.6 Å². The molecule has 12 nitrogen and oxygen atoms in total. The summed E-state index contributed by atoms with van der Waals surface area (Å²) in [5.74, 6) is 1.04. The largest absolute Gasteiger partial charge is 0.404 e. The first-order valence-electron chi connectivity index (χ1n) is 11.3. The summed E-state index contributed by atoms with van der Waals surface area (Å²) < 4.78 is 25.4. The van der Waals surface area contributed by atoms with E-state index in [9.17, 15) is 8.42 Å². The molecule has 1 aliphatic rings. The van der Waals surface area contributed by atoms with E-state index in [4.69, 9.17) is 38.9 Å². The highest BCUT2D eigenvalue weighted by molar-refractivity contribution is 7.88. The van der Waals surface area contributed by atoms with Crippen molar-refractivity contribution in [1.82, 2.24) is 19.3 Å². The van der Waals surface area contributed by atoms with Crippen molar-refractivity contribution in [3.8, 4) is 0 Å². The second-order valence-corrected chi connectivity index (χ2v) is 10.8. The van der Waals surface area contributed by atoms with Crippen LogP contribution in [0.5, 0.6) is 0 Å². The number of nitrogen functional groups attached to an aromatic ring is 1. The lowest BCUT2D eigenvalue weighted by molar-refractivity contribution is 0.387. The molecule has 0 radical (unpaired) electrons. The van der Waals surface area contributed by atoms with Crippen LogP contribution in [0.25, 0.3) is 10.8 Å². The van der Waals surface area contributed by atoms with Gasteiger partial charge in [-0.1, -0.05) is 23.7 Å². The first-order valence-corrected chi connectivity index (χ1v) is 13.5. The first-order chi connectivity index (χ1) is 17.6. The minimum atomic E-state index is -3.27. The maximum absolute atomic E-state index is 12.0. The third-order valence-corrected chi connectivity index (χ3v) is 7.65. The molecule has 14 heteroatoms. The molecule has 0 saturated carbocycles. The second-order valence-electron chi connectivity index (χ2n) is 8.40. The molecule has 37 heavy (non-hydrogen) atoms. The SMILES string of the molecule is CS(=O)(=O)N1CCN(c2nc(CNc3ncnc(N)c3C(=N)/C(C=N)=C/N)cc3cccc(Cl)c23)CC1. The number of benzene rings is 1. The Balaban J connectivity index is 1.67. The summed E-state index contributed by atoms with van der Waals surface area (Å²) in [5.41, 5.74) is 12.6. The van der Waals surface area contributed by atoms with Crippen LogP contribution < -0.4 is 21.7 Å². The van der Waals surface area contributed by atoms with Gasteiger partial charge in [-0.3, -0.25) is 5.41 Å². The van der Waals surface area contributed by atoms with E-state index in [1.807, 2.05) is 23.1 Å². The lowest BCUT2D eigenvalue weighted by Crippen LogP contribution is -2.48. The Labute approximate surface area is 219 Å². The van der Waals surface area contributed by atoms with E-state index in [1.165, 1.54) is 16.9 Å². The zero-order valence-electron chi connectivity index (χ0n) is 20.1. The molecule has 0 atom stereocenters. The number of anilines is 3. The second kappa shape index (κ2) is 10.7. The summed E-state index contributed by atoms with van der Waals surface area (Å²) in [4.78, 5) is 15.1. The van der Waals surface area contributed by atoms with Crippen molar-refractivity contribution in [1.29, 1.82) is 10.8 Å². The Bertz CT molecular complexity index is 1500. The molecule has 1 aliphatic heterocycles. The smallest absolute Gasteiger partial charge is 0.211 e. The van der Waals surface area contributed by atoms with Gasteiger partial charge in [0.05, 0.1) is 34.8 Å². The van der Waals surface area contributed by atoms with Gasteiger partial charge in [0.25, 0.3) is 0 Å². The molecule has 0 unspecified atom stereocenters. The van der Waals surface area contributed by atoms with Crippen LogP contribution >= 0.6 is 11.6 Å². The number of aromatic nitrogens is 3. The van der Waals surface area contributed by atoms with Crippen LogP contribution in [-0.4, -0.2) is 72.0 Å². The molecule has 4 rings (SSSR count). The average Bonchev–Trinajstić information content (AvgIpc) is 2.87. The van der Waals surface area contributed by atoms with E-state index in [0.29, 0.717) is 48.5 Å². The Kier molecular flexibility index (Phi) is 7.57. The number of rotatable bonds is 8. The Hall–Kier alpha value is -3.81. The van der Waals surface area contributed by atoms with E-state index in [1.54, 1.807) is 6.07 Å². The van der Waals surface area contributed by atoms with Crippen LogP contribution in [-0.2, 0) is 16.6 Å². The quantitative estimate of drug-likeness (QED) is 0.264. The van der Waals surface area contributed by atoms with Crippen molar-refractivity contribution >= 4 is 61.8 Å². The molecular formula is C23H27ClN10O2S. The molecule has 194 valence electrons. The topological polar surface area (TPSA) is 191 Å². The normalized spacial score (nSPS) is 15.1. The molecule has 0 amide bonds. The average molecular weight is 543 g/mol. The number of pyridine rings is 1. The molecule has 7 N–H and O–H groups in total. The number of sulfonamides is 1. The van der Waals surface area contributed by atoms with Gasteiger partial charge in [0.2, 0.25) is 10.0 Å². The third kappa shape index (κ3) is 5.48. The van der Waals surface area contributed by atoms with Crippen molar-refractivity contribution in [2.24, 2.45) is 5.73 Å². The molecule has 1 fully saturated rings. The number of piperazine rings is 1. The van der Waals surface area contributed by atoms with Gasteiger partial charge in [-0.2, -0.15) is 4.31 Å². The van der Waals surface area contributed by atoms with Gasteiger partial charge in [0, 0.05) is 49.6 Å². The minimum absolute atomic E-state index is 0.0754. The van der Waals surface area contributed by atoms with E-state index in [-0.39, 0.29) is 29.2 Å². The van der Waals surface area contributed by atoms with Crippen molar-refractivity contribution < 1.29 is 8.42 Å². The lowest BCUT2D eigenvalue weighted by atomic mass is 10.0. The Morgan fingerprint density at radius 3 is 2.62 bits per heavy atom. The van der Waals surface area contributed by atoms with Crippen LogP contribution in [0.1, 0.15) is 11.3 Å². The van der Waals surface area contributed by atoms with E-state index in [2.05, 4.69) is 15.3 Å². The fourth-order valence-electron chi connectivity index (χ4n) is 4.15. The van der Waals surface area contributed by atoms with Crippen LogP contribution in [0, 0.1) is 10.8 Å². The zero-order chi connectivity index (χ0) is 26.7. The number of nitrogens with zero attached hydrogens (tertiary/aromatic N) is 5. The molecule has 2 aromatic heterocycles. The maximum atomic E-state index is 12.0. The molecule has 0 spiro atoms. The summed E-state index contributed by atoms with van der Waals surface area (Å²) in [6.45, 7) is 1.88. The predicted octanol–water partition coefficient (Wildman–Crippen LogP) is 1.81. The minimum Gasteiger partial charge on any atom is -0.404 e. The molecule has 3 aromatic rings. The first kappa shape index (κ1) is 26.3. The number of hydrogen-bond acceptors (Lipinski definition) is 11. The van der Waals surface area contributed by atoms with Crippen molar-refractivity contribution in [2.75, 3.05) is 48.4 Å². The molecule has 3 heterocycles. The van der Waals surface area contributed by atoms with Gasteiger partial charge in [0.15, 0.2) is 0 Å². The van der Waals surface area contributed by atoms with Crippen LogP contribution in [0.4, 0.5) is 17.5 Å². The number of halogens is 1. The van der Waals surface area contributed by atoms with Gasteiger partial charge < -0.3 is 27.1 Å². The van der Waals surface area contributed by atoms with E-state index < -0.39 is 10.0 Å². The fourth-order valence-corrected chi connectivity index (χ4v) is 5.25. The van der Waals surface area contributed by atoms with Crippen LogP contribution in [0.2, 0.25) is 5.02 Å². The van der Waals surface area contributed by atoms with Crippen LogP contribution in [0.3, 0.4) is 0 Å². The summed E-state index contributed by atoms with van der Waals surface area (Å²) >= 11 is 6.56. The lowest BCUT2D eigenvalue weighted by Gasteiger charge is -2.34. The van der Waals surface area contributed by atoms with Gasteiger partial charge >= 0.3 is 0 Å². The van der Waals surface area contributed by atoms with Gasteiger partial charge in [-0.05, 0) is 17.5 Å². The van der Waals surface area contributed by atoms with E-state index >= 15 is 0 Å².